The molecule has 0 atom stereocenters. The van der Waals surface area contributed by atoms with E-state index >= 15 is 0 Å². The fourth-order valence-corrected chi connectivity index (χ4v) is 10.3. The van der Waals surface area contributed by atoms with Crippen LogP contribution in [0.25, 0.3) is 0 Å². The van der Waals surface area contributed by atoms with Crippen LogP contribution in [0.3, 0.4) is 0 Å². The van der Waals surface area contributed by atoms with E-state index in [0.29, 0.717) is 44.1 Å². The molecule has 0 saturated carbocycles. The van der Waals surface area contributed by atoms with E-state index < -0.39 is 183 Å². The molecule has 0 aliphatic carbocycles. The van der Waals surface area contributed by atoms with E-state index in [0.717, 1.165) is 0 Å². The Kier molecular flexibility index (Phi) is 46.0. The molecule has 45 nitrogen and oxygen atoms in total. The quantitative estimate of drug-likeness (QED) is 0.0119. The van der Waals surface area contributed by atoms with Crippen LogP contribution < -0.4 is 34.1 Å². The molecule has 3 heterocycles. The number of nitrogens with zero attached hydrogens (tertiary/aromatic N) is 6. The van der Waals surface area contributed by atoms with E-state index in [1.165, 1.54) is 125 Å². The number of hydrogen-bond acceptors (Lipinski definition) is 38. The average molecular weight is 1860 g/mol. The number of carbonyl (C=O) groups is 15. The molecule has 5 aromatic carbocycles. The monoisotopic (exact) mass is 1860 g/mol. The van der Waals surface area contributed by atoms with Gasteiger partial charge in [0.1, 0.15) is 79.3 Å². The topological polar surface area (TPSA) is 609 Å². The molecule has 0 radical (unpaired) electrons. The average Bonchev–Trinajstić information content (AvgIpc) is 1.04. The molecule has 0 amide bonds. The zero-order chi connectivity index (χ0) is 99.1. The molecule has 1 aliphatic heterocycles. The Morgan fingerprint density at radius 1 is 0.248 bits per heavy atom. The number of carboxylic acid groups (broad SMARTS) is 1. The first-order valence-corrected chi connectivity index (χ1v) is 39.3. The molecule has 0 fully saturated rings. The number of carbonyl (C=O) groups excluding carboxylic acids is 14. The predicted molar refractivity (Wildman–Crippen MR) is 457 cm³/mol. The Balaban J connectivity index is 0.000000501. The summed E-state index contributed by atoms with van der Waals surface area (Å²) in [5.74, 6) is -12.5. The highest BCUT2D eigenvalue weighted by Crippen LogP contribution is 2.20. The summed E-state index contributed by atoms with van der Waals surface area (Å²) in [6.45, 7) is 15.7. The van der Waals surface area contributed by atoms with E-state index in [-0.39, 0.29) is 153 Å². The second-order valence-electron chi connectivity index (χ2n) is 26.7. The van der Waals surface area contributed by atoms with Crippen LogP contribution in [0.5, 0.6) is 0 Å². The molecule has 8 rings (SSSR count). The van der Waals surface area contributed by atoms with E-state index in [1.807, 2.05) is 0 Å². The minimum Gasteiger partial charge on any atom is -0.478 e. The molecule has 133 heavy (non-hydrogen) atoms. The lowest BCUT2D eigenvalue weighted by atomic mass is 10.1. The summed E-state index contributed by atoms with van der Waals surface area (Å²) >= 11 is 0. The first-order valence-electron chi connectivity index (χ1n) is 39.3. The largest absolute Gasteiger partial charge is 0.478 e. The molecule has 2 aromatic heterocycles. The van der Waals surface area contributed by atoms with Crippen LogP contribution in [0, 0.1) is 0 Å². The van der Waals surface area contributed by atoms with Crippen molar-refractivity contribution >= 4 is 89.5 Å². The number of benzene rings is 5. The van der Waals surface area contributed by atoms with Gasteiger partial charge in [-0.1, -0.05) is 93.6 Å². The minimum absolute atomic E-state index is 0.0473. The number of hydrogen-bond donors (Lipinski definition) is 5. The molecule has 7 aromatic rings. The molecule has 1 aliphatic rings. The first-order chi connectivity index (χ1) is 63.2. The van der Waals surface area contributed by atoms with Gasteiger partial charge in [-0.2, -0.15) is 0 Å². The summed E-state index contributed by atoms with van der Waals surface area (Å²) in [5, 5.41) is 43.5. The summed E-state index contributed by atoms with van der Waals surface area (Å²) in [6.07, 6.45) is 0. The van der Waals surface area contributed by atoms with Crippen molar-refractivity contribution in [2.45, 2.75) is 73.9 Å². The lowest BCUT2D eigenvalue weighted by Crippen LogP contribution is -2.55. The third kappa shape index (κ3) is 34.0. The third-order valence-electron chi connectivity index (χ3n) is 16.7. The molecule has 0 spiro atoms. The second-order valence-corrected chi connectivity index (χ2v) is 26.7. The van der Waals surface area contributed by atoms with Crippen LogP contribution in [0.2, 0.25) is 0 Å². The van der Waals surface area contributed by atoms with Crippen molar-refractivity contribution < 1.29 is 159 Å². The summed E-state index contributed by atoms with van der Waals surface area (Å²) in [6, 6.07) is 28.2. The van der Waals surface area contributed by atoms with Gasteiger partial charge in [0.15, 0.2) is 0 Å². The van der Waals surface area contributed by atoms with Gasteiger partial charge in [-0.3, -0.25) is 0 Å². The molecule has 5 N–H and O–H groups in total. The standard InChI is InChI=1S/C51H51N3O21.C14H14O6.C9H15N3O6.C8H4O3.C6H10O3/c1-31(2)40(55)70-25-28-73-46(61)37-16-10-7-13-34(37)43(58)67-22-19-52-49(64)53(20-23-68-44(59)35-14-8-11-17-38(35)47(62)74-29-26-71-41(56)32(3)4)51(66)54(50(52)65)21-24-69-45(60)36-15-9-12-18-39(36)48(63)75-30-27-72-42(57)33(5)6;1-9(2)13(17)19-7-8-20-14(18)11-6-4-3-5-10(11)12(15)16;13-4-1-10-7(16)11(2-5-14)9(18)12(3-6-15)8(10)17;9-7-5-3-1-2-4-6(5)8(10)11-7;1-5(2)6(8)9-4-3-7/h7-18H,1,3,5,19-30H2,2,4,6H3;3-6H,1,7-8H2,2H3,(H,15,16);13-15H,1-6H2;1-4H;7H,1,3-4H2,2H3. The molecule has 710 valence electrons. The van der Waals surface area contributed by atoms with Gasteiger partial charge in [-0.05, 0) is 95.3 Å². The highest BCUT2D eigenvalue weighted by molar-refractivity contribution is 6.14. The van der Waals surface area contributed by atoms with Crippen LogP contribution in [0.4, 0.5) is 0 Å². The maximum absolute atomic E-state index is 13.9. The molecule has 45 heteroatoms. The van der Waals surface area contributed by atoms with E-state index in [2.05, 4.69) is 42.4 Å². The van der Waals surface area contributed by atoms with Crippen LogP contribution in [-0.4, -0.2) is 248 Å². The lowest BCUT2D eigenvalue weighted by Gasteiger charge is -2.15. The van der Waals surface area contributed by atoms with Crippen molar-refractivity contribution in [1.29, 1.82) is 0 Å². The number of rotatable bonds is 42. The van der Waals surface area contributed by atoms with E-state index in [9.17, 15) is 101 Å². The first kappa shape index (κ1) is 109. The SMILES string of the molecule is C=C(C)C(=O)OCCO.C=C(C)C(=O)OCCOC(=O)c1ccccc1C(=O)O.C=C(C)C(=O)OCCOC(=O)c1ccccc1C(=O)OCCn1c(=O)n(CCOC(=O)c2ccccc2C(=O)OCCOC(=O)C(=C)C)c(=O)n(CCOC(=O)c2ccccc2C(=O)OCCOC(=O)C(=C)C)c1=O.O=C1OC(=O)c2ccccc21.O=c1n(CCO)c(=O)n(CCO)c(=O)n1CCO. The summed E-state index contributed by atoms with van der Waals surface area (Å²) in [4.78, 5) is 256. The van der Waals surface area contributed by atoms with E-state index in [1.54, 1.807) is 31.2 Å². The number of esters is 14. The zero-order valence-electron chi connectivity index (χ0n) is 72.4. The Labute approximate surface area is 753 Å². The number of aliphatic hydroxyl groups excluding tert-OH is 4. The Morgan fingerprint density at radius 3 is 0.617 bits per heavy atom. The summed E-state index contributed by atoms with van der Waals surface area (Å²) in [7, 11) is 0. The van der Waals surface area contributed by atoms with Crippen molar-refractivity contribution in [2.75, 3.05) is 106 Å². The van der Waals surface area contributed by atoms with Gasteiger partial charge in [0.2, 0.25) is 0 Å². The smallest absolute Gasteiger partial charge is 0.346 e. The number of ether oxygens (including phenoxy) is 13. The van der Waals surface area contributed by atoms with Gasteiger partial charge < -0.3 is 87.1 Å². The minimum atomic E-state index is -1.26. The Morgan fingerprint density at radius 2 is 0.421 bits per heavy atom. The number of fused-ring (bicyclic) bond motifs is 1. The maximum atomic E-state index is 13.9. The molecule has 0 saturated heterocycles. The normalized spacial score (nSPS) is 10.6. The van der Waals surface area contributed by atoms with Crippen LogP contribution >= 0.6 is 0 Å². The van der Waals surface area contributed by atoms with E-state index in [4.69, 9.17) is 77.6 Å². The number of aromatic nitrogens is 6. The maximum Gasteiger partial charge on any atom is 0.346 e. The van der Waals surface area contributed by atoms with Gasteiger partial charge in [0.05, 0.1) is 121 Å². The Hall–Kier alpha value is -16.3. The van der Waals surface area contributed by atoms with Gasteiger partial charge in [-0.15, -0.1) is 0 Å². The van der Waals surface area contributed by atoms with Crippen molar-refractivity contribution in [3.05, 3.63) is 301 Å². The number of cyclic esters (lactones) is 2. The molecular formula is C88H94N6O39. The van der Waals surface area contributed by atoms with Gasteiger partial charge in [0.25, 0.3) is 0 Å². The molecular weight excluding hydrogens is 1760 g/mol. The van der Waals surface area contributed by atoms with Gasteiger partial charge in [-0.25, -0.2) is 128 Å². The Bertz CT molecular complexity index is 5420. The van der Waals surface area contributed by atoms with Crippen molar-refractivity contribution in [3.63, 3.8) is 0 Å². The predicted octanol–water partition coefficient (Wildman–Crippen LogP) is 1.48. The number of aliphatic hydroxyl groups is 4. The summed E-state index contributed by atoms with van der Waals surface area (Å²) < 4.78 is 68.0. The number of carboxylic acids is 1. The third-order valence-corrected chi connectivity index (χ3v) is 16.7. The van der Waals surface area contributed by atoms with Crippen molar-refractivity contribution in [2.24, 2.45) is 0 Å². The van der Waals surface area contributed by atoms with Crippen LogP contribution in [0.1, 0.15) is 138 Å². The fraction of sp³-hybridized carbons (Fsp3) is 0.307. The van der Waals surface area contributed by atoms with Gasteiger partial charge >= 0.3 is 124 Å². The van der Waals surface area contributed by atoms with Crippen LogP contribution in [0.15, 0.2) is 211 Å². The fourth-order valence-electron chi connectivity index (χ4n) is 10.3. The van der Waals surface area contributed by atoms with Gasteiger partial charge in [0, 0.05) is 27.9 Å². The zero-order valence-corrected chi connectivity index (χ0v) is 72.4. The molecule has 0 bridgehead atoms. The molecule has 0 unspecified atom stereocenters. The lowest BCUT2D eigenvalue weighted by molar-refractivity contribution is -0.140. The second kappa shape index (κ2) is 56.1. The summed E-state index contributed by atoms with van der Waals surface area (Å²) in [5.41, 5.74) is -6.54. The van der Waals surface area contributed by atoms with Crippen molar-refractivity contribution in [3.8, 4) is 0 Å². The van der Waals surface area contributed by atoms with Crippen LogP contribution in [-0.2, 0) is 125 Å². The highest BCUT2D eigenvalue weighted by atomic mass is 16.6. The highest BCUT2D eigenvalue weighted by Gasteiger charge is 2.30. The van der Waals surface area contributed by atoms with Crippen molar-refractivity contribution in [1.82, 2.24) is 27.4 Å². The number of aromatic carboxylic acids is 1.